The van der Waals surface area contributed by atoms with E-state index in [0.717, 1.165) is 38.9 Å². The van der Waals surface area contributed by atoms with Crippen molar-refractivity contribution < 1.29 is 9.15 Å². The van der Waals surface area contributed by atoms with Crippen molar-refractivity contribution in [2.75, 3.05) is 14.2 Å². The van der Waals surface area contributed by atoms with E-state index in [0.29, 0.717) is 5.89 Å². The van der Waals surface area contributed by atoms with Crippen molar-refractivity contribution in [3.8, 4) is 5.75 Å². The number of nitrogens with one attached hydrogen (secondary N) is 2. The lowest BCUT2D eigenvalue weighted by Gasteiger charge is -2.29. The molecule has 25 heavy (non-hydrogen) atoms. The van der Waals surface area contributed by atoms with Gasteiger partial charge in [-0.25, -0.2) is 4.98 Å². The molecule has 4 aromatic rings. The van der Waals surface area contributed by atoms with Crippen LogP contribution >= 0.6 is 0 Å². The van der Waals surface area contributed by atoms with Gasteiger partial charge in [0.05, 0.1) is 7.11 Å². The Morgan fingerprint density at radius 2 is 2.04 bits per heavy atom. The second-order valence-electron chi connectivity index (χ2n) is 6.40. The summed E-state index contributed by atoms with van der Waals surface area (Å²) in [4.78, 5) is 8.05. The van der Waals surface area contributed by atoms with Crippen molar-refractivity contribution in [1.29, 1.82) is 0 Å². The number of aromatic nitrogens is 2. The Hall–Kier alpha value is -2.79. The molecule has 0 aliphatic carbocycles. The predicted octanol–water partition coefficient (Wildman–Crippen LogP) is 4.11. The van der Waals surface area contributed by atoms with Crippen molar-refractivity contribution in [3.63, 3.8) is 0 Å². The normalized spacial score (nSPS) is 14.1. The van der Waals surface area contributed by atoms with Gasteiger partial charge in [-0.1, -0.05) is 12.1 Å². The van der Waals surface area contributed by atoms with Crippen LogP contribution in [-0.4, -0.2) is 24.1 Å². The first kappa shape index (κ1) is 15.7. The molecule has 1 unspecified atom stereocenters. The summed E-state index contributed by atoms with van der Waals surface area (Å²) < 4.78 is 11.8. The zero-order valence-electron chi connectivity index (χ0n) is 14.8. The average molecular weight is 335 g/mol. The molecular formula is C20H21N3O2. The first-order valence-electron chi connectivity index (χ1n) is 8.28. The van der Waals surface area contributed by atoms with Gasteiger partial charge in [0, 0.05) is 22.7 Å². The fraction of sp³-hybridized carbons (Fsp3) is 0.250. The molecule has 4 rings (SSSR count). The van der Waals surface area contributed by atoms with Gasteiger partial charge in [-0.2, -0.15) is 0 Å². The lowest BCUT2D eigenvalue weighted by atomic mass is 9.87. The average Bonchev–Trinajstić information content (AvgIpc) is 3.28. The van der Waals surface area contributed by atoms with E-state index in [1.54, 1.807) is 7.11 Å². The maximum atomic E-state index is 6.09. The first-order valence-corrected chi connectivity index (χ1v) is 8.28. The summed E-state index contributed by atoms with van der Waals surface area (Å²) in [5.74, 6) is 1.42. The molecule has 2 heterocycles. The third kappa shape index (κ3) is 2.23. The molecule has 1 atom stereocenters. The third-order valence-electron chi connectivity index (χ3n) is 4.95. The Morgan fingerprint density at radius 1 is 1.24 bits per heavy atom. The van der Waals surface area contributed by atoms with Gasteiger partial charge in [0.2, 0.25) is 5.89 Å². The van der Waals surface area contributed by atoms with E-state index in [1.165, 1.54) is 0 Å². The molecule has 0 saturated heterocycles. The highest BCUT2D eigenvalue weighted by molar-refractivity contribution is 5.89. The summed E-state index contributed by atoms with van der Waals surface area (Å²) in [7, 11) is 3.60. The Labute approximate surface area is 146 Å². The Morgan fingerprint density at radius 3 is 2.76 bits per heavy atom. The van der Waals surface area contributed by atoms with Gasteiger partial charge in [-0.3, -0.25) is 0 Å². The molecule has 128 valence electrons. The highest BCUT2D eigenvalue weighted by atomic mass is 16.5. The van der Waals surface area contributed by atoms with Crippen molar-refractivity contribution in [1.82, 2.24) is 15.3 Å². The van der Waals surface area contributed by atoms with Crippen LogP contribution in [-0.2, 0) is 5.54 Å². The molecule has 0 aliphatic heterocycles. The maximum absolute atomic E-state index is 6.09. The Balaban J connectivity index is 2.04. The summed E-state index contributed by atoms with van der Waals surface area (Å²) in [5.41, 5.74) is 4.21. The number of aryl methyl sites for hydroxylation is 1. The van der Waals surface area contributed by atoms with E-state index < -0.39 is 5.54 Å². The highest BCUT2D eigenvalue weighted by Gasteiger charge is 2.37. The summed E-state index contributed by atoms with van der Waals surface area (Å²) in [6, 6.07) is 11.9. The van der Waals surface area contributed by atoms with E-state index in [-0.39, 0.29) is 0 Å². The number of benzene rings is 2. The van der Waals surface area contributed by atoms with Crippen molar-refractivity contribution in [2.24, 2.45) is 0 Å². The third-order valence-corrected chi connectivity index (χ3v) is 4.95. The topological polar surface area (TPSA) is 63.1 Å². The molecule has 0 radical (unpaired) electrons. The van der Waals surface area contributed by atoms with Crippen molar-refractivity contribution in [2.45, 2.75) is 19.4 Å². The van der Waals surface area contributed by atoms with Crippen LogP contribution in [0.15, 0.2) is 47.0 Å². The van der Waals surface area contributed by atoms with Crippen LogP contribution in [0.3, 0.4) is 0 Å². The number of hydrogen-bond acceptors (Lipinski definition) is 4. The lowest BCUT2D eigenvalue weighted by molar-refractivity contribution is 0.343. The molecule has 0 amide bonds. The lowest BCUT2D eigenvalue weighted by Crippen LogP contribution is -2.39. The molecular weight excluding hydrogens is 314 g/mol. The smallest absolute Gasteiger partial charge is 0.220 e. The minimum atomic E-state index is -0.640. The molecule has 0 spiro atoms. The molecule has 0 bridgehead atoms. The number of H-pyrrole nitrogens is 1. The number of fused-ring (bicyclic) bond motifs is 2. The number of ether oxygens (including phenoxy) is 1. The van der Waals surface area contributed by atoms with Gasteiger partial charge in [-0.05, 0) is 50.7 Å². The van der Waals surface area contributed by atoms with E-state index >= 15 is 0 Å². The summed E-state index contributed by atoms with van der Waals surface area (Å²) >= 11 is 0. The first-order chi connectivity index (χ1) is 12.1. The van der Waals surface area contributed by atoms with E-state index in [4.69, 9.17) is 14.1 Å². The Kier molecular flexibility index (Phi) is 3.54. The SMILES string of the molecule is CNC(C)(c1nc2ccccc2o1)c1c(OC)cc(C)c2[nH]ccc12. The number of para-hydroxylation sites is 2. The molecule has 2 aromatic carbocycles. The zero-order valence-corrected chi connectivity index (χ0v) is 14.8. The van der Waals surface area contributed by atoms with Crippen LogP contribution in [0, 0.1) is 6.92 Å². The van der Waals surface area contributed by atoms with Crippen LogP contribution in [0.25, 0.3) is 22.0 Å². The summed E-state index contributed by atoms with van der Waals surface area (Å²) in [6.45, 7) is 4.14. The van der Waals surface area contributed by atoms with Crippen LogP contribution in [0.1, 0.15) is 23.9 Å². The van der Waals surface area contributed by atoms with Crippen molar-refractivity contribution >= 4 is 22.0 Å². The molecule has 0 aliphatic rings. The van der Waals surface area contributed by atoms with Gasteiger partial charge < -0.3 is 19.5 Å². The van der Waals surface area contributed by atoms with Crippen LogP contribution in [0.5, 0.6) is 5.75 Å². The fourth-order valence-corrected chi connectivity index (χ4v) is 3.48. The van der Waals surface area contributed by atoms with Gasteiger partial charge in [0.25, 0.3) is 0 Å². The molecule has 0 saturated carbocycles. The fourth-order valence-electron chi connectivity index (χ4n) is 3.48. The highest BCUT2D eigenvalue weighted by Crippen LogP contribution is 2.41. The van der Waals surface area contributed by atoms with E-state index in [9.17, 15) is 0 Å². The minimum Gasteiger partial charge on any atom is -0.496 e. The number of aromatic amines is 1. The molecule has 0 fully saturated rings. The predicted molar refractivity (Wildman–Crippen MR) is 99.1 cm³/mol. The second-order valence-corrected chi connectivity index (χ2v) is 6.40. The van der Waals surface area contributed by atoms with Crippen molar-refractivity contribution in [3.05, 3.63) is 59.6 Å². The number of rotatable bonds is 4. The number of nitrogens with zero attached hydrogens (tertiary/aromatic N) is 1. The van der Waals surface area contributed by atoms with Crippen LogP contribution < -0.4 is 10.1 Å². The van der Waals surface area contributed by atoms with E-state index in [1.807, 2.05) is 43.6 Å². The Bertz CT molecular complexity index is 1030. The molecule has 2 N–H and O–H groups in total. The van der Waals surface area contributed by atoms with Gasteiger partial charge in [0.15, 0.2) is 5.58 Å². The molecule has 5 heteroatoms. The van der Waals surface area contributed by atoms with Gasteiger partial charge in [0.1, 0.15) is 16.8 Å². The van der Waals surface area contributed by atoms with E-state index in [2.05, 4.69) is 30.2 Å². The summed E-state index contributed by atoms with van der Waals surface area (Å²) in [5, 5.41) is 4.49. The van der Waals surface area contributed by atoms with Crippen LogP contribution in [0.2, 0.25) is 0 Å². The standard InChI is InChI=1S/C20H21N3O2/c1-12-11-16(24-4)17(13-9-10-22-18(12)13)20(2,21-3)19-23-14-7-5-6-8-15(14)25-19/h5-11,21-22H,1-4H3. The number of oxazole rings is 1. The molecule has 2 aromatic heterocycles. The quantitative estimate of drug-likeness (QED) is 0.589. The monoisotopic (exact) mass is 335 g/mol. The largest absolute Gasteiger partial charge is 0.496 e. The van der Waals surface area contributed by atoms with Crippen LogP contribution in [0.4, 0.5) is 0 Å². The zero-order chi connectivity index (χ0) is 17.6. The van der Waals surface area contributed by atoms with Gasteiger partial charge >= 0.3 is 0 Å². The summed E-state index contributed by atoms with van der Waals surface area (Å²) in [6.07, 6.45) is 1.95. The number of methoxy groups -OCH3 is 1. The second kappa shape index (κ2) is 5.63. The molecule has 5 nitrogen and oxygen atoms in total. The number of hydrogen-bond donors (Lipinski definition) is 2. The minimum absolute atomic E-state index is 0.612. The maximum Gasteiger partial charge on any atom is 0.220 e. The van der Waals surface area contributed by atoms with Gasteiger partial charge in [-0.15, -0.1) is 0 Å².